The van der Waals surface area contributed by atoms with Crippen molar-refractivity contribution in [2.75, 3.05) is 11.9 Å². The summed E-state index contributed by atoms with van der Waals surface area (Å²) >= 11 is 6.70. The number of aromatic hydroxyl groups is 1. The SMILES string of the molecule is CC(C)(CCO)[C@H](OC(=O)Nc1ccccc1)c1cc(Br)cc(Br)c1O. The van der Waals surface area contributed by atoms with Crippen LogP contribution in [-0.4, -0.2) is 22.9 Å². The van der Waals surface area contributed by atoms with Gasteiger partial charge in [-0.2, -0.15) is 0 Å². The number of amides is 1. The number of halogens is 2. The molecule has 2 aromatic carbocycles. The van der Waals surface area contributed by atoms with E-state index >= 15 is 0 Å². The molecular weight excluding hydrogens is 466 g/mol. The van der Waals surface area contributed by atoms with Crippen molar-refractivity contribution in [2.45, 2.75) is 26.4 Å². The van der Waals surface area contributed by atoms with Crippen molar-refractivity contribution in [3.8, 4) is 5.75 Å². The molecule has 0 unspecified atom stereocenters. The van der Waals surface area contributed by atoms with Gasteiger partial charge < -0.3 is 14.9 Å². The second-order valence-electron chi connectivity index (χ2n) is 6.56. The van der Waals surface area contributed by atoms with Gasteiger partial charge >= 0.3 is 6.09 Å². The molecule has 0 fully saturated rings. The maximum absolute atomic E-state index is 12.4. The van der Waals surface area contributed by atoms with Crippen LogP contribution < -0.4 is 5.32 Å². The summed E-state index contributed by atoms with van der Waals surface area (Å²) in [7, 11) is 0. The molecule has 2 aromatic rings. The number of aliphatic hydroxyl groups is 1. The van der Waals surface area contributed by atoms with Gasteiger partial charge in [0.15, 0.2) is 0 Å². The summed E-state index contributed by atoms with van der Waals surface area (Å²) in [6.07, 6.45) is -1.02. The number of para-hydroxylation sites is 1. The van der Waals surface area contributed by atoms with Gasteiger partial charge in [0.05, 0.1) is 4.47 Å². The lowest BCUT2D eigenvalue weighted by Crippen LogP contribution is -2.30. The number of benzene rings is 2. The molecule has 0 heterocycles. The van der Waals surface area contributed by atoms with Gasteiger partial charge in [-0.15, -0.1) is 0 Å². The predicted octanol–water partition coefficient (Wildman–Crippen LogP) is 5.62. The molecule has 0 aromatic heterocycles. The van der Waals surface area contributed by atoms with E-state index in [0.29, 0.717) is 22.1 Å². The average Bonchev–Trinajstić information content (AvgIpc) is 2.57. The third-order valence-electron chi connectivity index (χ3n) is 4.05. The standard InChI is InChI=1S/C19H21Br2NO4/c1-19(2,8-9-23)17(14-10-12(20)11-15(21)16(14)24)26-18(25)22-13-6-4-3-5-7-13/h3-7,10-11,17,23-24H,8-9H2,1-2H3,(H,22,25)/t17-/m1/s1. The highest BCUT2D eigenvalue weighted by Crippen LogP contribution is 2.45. The number of carbonyl (C=O) groups is 1. The van der Waals surface area contributed by atoms with Crippen LogP contribution in [0.3, 0.4) is 0 Å². The third kappa shape index (κ3) is 5.22. The summed E-state index contributed by atoms with van der Waals surface area (Å²) in [5.74, 6) is -0.00303. The van der Waals surface area contributed by atoms with Crippen LogP contribution in [0.15, 0.2) is 51.4 Å². The number of hydrogen-bond donors (Lipinski definition) is 3. The molecule has 2 rings (SSSR count). The first kappa shape index (κ1) is 20.7. The molecule has 0 spiro atoms. The molecule has 0 bridgehead atoms. The van der Waals surface area contributed by atoms with Crippen LogP contribution in [-0.2, 0) is 4.74 Å². The van der Waals surface area contributed by atoms with E-state index in [9.17, 15) is 15.0 Å². The monoisotopic (exact) mass is 485 g/mol. The molecule has 0 aliphatic carbocycles. The topological polar surface area (TPSA) is 78.8 Å². The van der Waals surface area contributed by atoms with Gasteiger partial charge in [0, 0.05) is 27.7 Å². The van der Waals surface area contributed by atoms with Crippen molar-refractivity contribution < 1.29 is 19.7 Å². The van der Waals surface area contributed by atoms with Crippen LogP contribution in [0.5, 0.6) is 5.75 Å². The Morgan fingerprint density at radius 1 is 1.23 bits per heavy atom. The number of phenolic OH excluding ortho intramolecular Hbond substituents is 1. The Morgan fingerprint density at radius 2 is 1.88 bits per heavy atom. The first-order valence-corrected chi connectivity index (χ1v) is 9.64. The summed E-state index contributed by atoms with van der Waals surface area (Å²) < 4.78 is 6.90. The Balaban J connectivity index is 2.35. The first-order valence-electron chi connectivity index (χ1n) is 8.06. The largest absolute Gasteiger partial charge is 0.506 e. The minimum atomic E-state index is -0.771. The van der Waals surface area contributed by atoms with Crippen molar-refractivity contribution >= 4 is 43.6 Å². The van der Waals surface area contributed by atoms with Gasteiger partial charge in [-0.3, -0.25) is 5.32 Å². The van der Waals surface area contributed by atoms with E-state index < -0.39 is 17.6 Å². The van der Waals surface area contributed by atoms with Crippen LogP contribution >= 0.6 is 31.9 Å². The Morgan fingerprint density at radius 3 is 2.50 bits per heavy atom. The fourth-order valence-electron chi connectivity index (χ4n) is 2.62. The van der Waals surface area contributed by atoms with Gasteiger partial charge in [-0.25, -0.2) is 4.79 Å². The fraction of sp³-hybridized carbons (Fsp3) is 0.316. The third-order valence-corrected chi connectivity index (χ3v) is 5.11. The normalized spacial score (nSPS) is 12.5. The molecule has 3 N–H and O–H groups in total. The zero-order valence-electron chi connectivity index (χ0n) is 14.5. The van der Waals surface area contributed by atoms with E-state index in [1.165, 1.54) is 0 Å². The molecule has 0 aliphatic rings. The van der Waals surface area contributed by atoms with Crippen LogP contribution in [0, 0.1) is 5.41 Å². The lowest BCUT2D eigenvalue weighted by molar-refractivity contribution is 0.0138. The van der Waals surface area contributed by atoms with Gasteiger partial charge in [0.25, 0.3) is 0 Å². The van der Waals surface area contributed by atoms with Crippen molar-refractivity contribution in [2.24, 2.45) is 5.41 Å². The predicted molar refractivity (Wildman–Crippen MR) is 108 cm³/mol. The number of rotatable bonds is 6. The van der Waals surface area contributed by atoms with Crippen molar-refractivity contribution in [3.63, 3.8) is 0 Å². The molecule has 7 heteroatoms. The van der Waals surface area contributed by atoms with Crippen LogP contribution in [0.4, 0.5) is 10.5 Å². The maximum Gasteiger partial charge on any atom is 0.412 e. The Kier molecular flexibility index (Phi) is 7.08. The van der Waals surface area contributed by atoms with Crippen LogP contribution in [0.2, 0.25) is 0 Å². The molecule has 0 saturated heterocycles. The van der Waals surface area contributed by atoms with E-state index in [2.05, 4.69) is 37.2 Å². The summed E-state index contributed by atoms with van der Waals surface area (Å²) in [6.45, 7) is 3.68. The van der Waals surface area contributed by atoms with E-state index in [1.54, 1.807) is 36.4 Å². The number of phenols is 1. The molecule has 140 valence electrons. The molecule has 0 aliphatic heterocycles. The molecule has 1 amide bonds. The minimum Gasteiger partial charge on any atom is -0.506 e. The Labute approximate surface area is 169 Å². The highest BCUT2D eigenvalue weighted by molar-refractivity contribution is 9.11. The Hall–Kier alpha value is -1.57. The Bertz CT molecular complexity index is 766. The average molecular weight is 487 g/mol. The summed E-state index contributed by atoms with van der Waals surface area (Å²) in [4.78, 5) is 12.4. The zero-order valence-corrected chi connectivity index (χ0v) is 17.7. The van der Waals surface area contributed by atoms with E-state index in [4.69, 9.17) is 4.74 Å². The highest BCUT2D eigenvalue weighted by atomic mass is 79.9. The van der Waals surface area contributed by atoms with E-state index in [1.807, 2.05) is 19.9 Å². The fourth-order valence-corrected chi connectivity index (χ4v) is 3.88. The molecule has 26 heavy (non-hydrogen) atoms. The van der Waals surface area contributed by atoms with Crippen molar-refractivity contribution in [1.29, 1.82) is 0 Å². The molecule has 5 nitrogen and oxygen atoms in total. The molecule has 0 radical (unpaired) electrons. The van der Waals surface area contributed by atoms with E-state index in [0.717, 1.165) is 4.47 Å². The van der Waals surface area contributed by atoms with Crippen molar-refractivity contribution in [1.82, 2.24) is 0 Å². The lowest BCUT2D eigenvalue weighted by Gasteiger charge is -2.34. The second kappa shape index (κ2) is 8.88. The summed E-state index contributed by atoms with van der Waals surface area (Å²) in [5.41, 5.74) is 0.448. The highest BCUT2D eigenvalue weighted by Gasteiger charge is 2.36. The molecule has 1 atom stereocenters. The number of carbonyl (C=O) groups excluding carboxylic acids is 1. The number of ether oxygens (including phenoxy) is 1. The summed E-state index contributed by atoms with van der Waals surface area (Å²) in [5, 5.41) is 22.6. The molecular formula is C19H21Br2NO4. The maximum atomic E-state index is 12.4. The zero-order chi connectivity index (χ0) is 19.3. The number of anilines is 1. The molecule has 0 saturated carbocycles. The number of hydrogen-bond acceptors (Lipinski definition) is 4. The summed E-state index contributed by atoms with van der Waals surface area (Å²) in [6, 6.07) is 12.4. The van der Waals surface area contributed by atoms with Gasteiger partial charge in [-0.1, -0.05) is 48.0 Å². The van der Waals surface area contributed by atoms with Crippen molar-refractivity contribution in [3.05, 3.63) is 57.0 Å². The van der Waals surface area contributed by atoms with Gasteiger partial charge in [0.1, 0.15) is 11.9 Å². The second-order valence-corrected chi connectivity index (χ2v) is 8.33. The first-order chi connectivity index (χ1) is 12.2. The number of aliphatic hydroxyl groups excluding tert-OH is 1. The minimum absolute atomic E-state index is 0.00303. The van der Waals surface area contributed by atoms with Gasteiger partial charge in [-0.05, 0) is 46.6 Å². The van der Waals surface area contributed by atoms with Gasteiger partial charge in [0.2, 0.25) is 0 Å². The lowest BCUT2D eigenvalue weighted by atomic mass is 9.79. The van der Waals surface area contributed by atoms with Crippen LogP contribution in [0.1, 0.15) is 31.9 Å². The smallest absolute Gasteiger partial charge is 0.412 e. The number of nitrogens with one attached hydrogen (secondary N) is 1. The van der Waals surface area contributed by atoms with Crippen LogP contribution in [0.25, 0.3) is 0 Å². The van der Waals surface area contributed by atoms with E-state index in [-0.39, 0.29) is 12.4 Å². The quantitative estimate of drug-likeness (QED) is 0.495.